The lowest BCUT2D eigenvalue weighted by Gasteiger charge is -2.29. The van der Waals surface area contributed by atoms with Crippen LogP contribution in [0.5, 0.6) is 5.75 Å². The first-order chi connectivity index (χ1) is 8.69. The van der Waals surface area contributed by atoms with Crippen LogP contribution in [-0.4, -0.2) is 42.0 Å². The van der Waals surface area contributed by atoms with Crippen LogP contribution in [0.15, 0.2) is 18.3 Å². The predicted octanol–water partition coefficient (Wildman–Crippen LogP) is 0.158. The molecule has 2 heterocycles. The molecule has 98 valence electrons. The lowest BCUT2D eigenvalue weighted by Crippen LogP contribution is -2.35. The second-order valence-electron chi connectivity index (χ2n) is 4.47. The number of ether oxygens (including phenoxy) is 1. The fourth-order valence-electron chi connectivity index (χ4n) is 1.95. The van der Waals surface area contributed by atoms with Gasteiger partial charge in [-0.05, 0) is 32.0 Å². The average molecular weight is 250 g/mol. The molecule has 18 heavy (non-hydrogen) atoms. The molecular weight excluding hydrogens is 232 g/mol. The van der Waals surface area contributed by atoms with Crippen molar-refractivity contribution in [3.8, 4) is 5.75 Å². The predicted molar refractivity (Wildman–Crippen MR) is 67.0 cm³/mol. The highest BCUT2D eigenvalue weighted by molar-refractivity contribution is 5.91. The monoisotopic (exact) mass is 250 g/mol. The van der Waals surface area contributed by atoms with E-state index in [2.05, 4.69) is 16.9 Å². The van der Waals surface area contributed by atoms with Gasteiger partial charge in [0.2, 0.25) is 0 Å². The third-order valence-corrected chi connectivity index (χ3v) is 3.07. The Balaban J connectivity index is 1.92. The first-order valence-electron chi connectivity index (χ1n) is 6.01. The quantitative estimate of drug-likeness (QED) is 0.454. The van der Waals surface area contributed by atoms with E-state index in [9.17, 15) is 4.79 Å². The number of nitrogens with zero attached hydrogens (tertiary/aromatic N) is 2. The Morgan fingerprint density at radius 3 is 2.78 bits per heavy atom. The molecule has 1 amide bonds. The van der Waals surface area contributed by atoms with E-state index < -0.39 is 5.91 Å². The summed E-state index contributed by atoms with van der Waals surface area (Å²) in [7, 11) is 2.11. The molecule has 0 aromatic carbocycles. The number of nitrogens with one attached hydrogen (secondary N) is 1. The van der Waals surface area contributed by atoms with Crippen LogP contribution in [-0.2, 0) is 0 Å². The number of hydrogen-bond donors (Lipinski definition) is 2. The van der Waals surface area contributed by atoms with E-state index in [-0.39, 0.29) is 11.8 Å². The van der Waals surface area contributed by atoms with Gasteiger partial charge < -0.3 is 9.64 Å². The molecule has 1 aliphatic rings. The Bertz CT molecular complexity index is 399. The maximum absolute atomic E-state index is 11.2. The van der Waals surface area contributed by atoms with Crippen molar-refractivity contribution in [2.75, 3.05) is 20.1 Å². The van der Waals surface area contributed by atoms with Crippen molar-refractivity contribution in [1.82, 2.24) is 15.3 Å². The molecule has 0 unspecified atom stereocenters. The molecule has 6 heteroatoms. The van der Waals surface area contributed by atoms with Gasteiger partial charge in [0, 0.05) is 13.1 Å². The number of nitrogen functional groups attached to an aromatic ring is 1. The number of carbonyl (C=O) groups excluding carboxylic acids is 1. The summed E-state index contributed by atoms with van der Waals surface area (Å²) in [6, 6.07) is 3.35. The summed E-state index contributed by atoms with van der Waals surface area (Å²) < 4.78 is 5.82. The number of pyridine rings is 1. The first kappa shape index (κ1) is 12.8. The van der Waals surface area contributed by atoms with Crippen molar-refractivity contribution in [2.24, 2.45) is 5.84 Å². The number of piperidine rings is 1. The number of hydrogen-bond acceptors (Lipinski definition) is 5. The van der Waals surface area contributed by atoms with Gasteiger partial charge in [0.05, 0.1) is 6.20 Å². The normalized spacial score (nSPS) is 17.4. The summed E-state index contributed by atoms with van der Waals surface area (Å²) in [5.74, 6) is 5.32. The standard InChI is InChI=1S/C12H18N4O2/c1-16-6-4-9(5-7-16)18-10-2-3-11(14-8-10)12(17)15-13/h2-3,8-9H,4-7,13H2,1H3,(H,15,17). The summed E-state index contributed by atoms with van der Waals surface area (Å²) in [6.45, 7) is 2.09. The van der Waals surface area contributed by atoms with Gasteiger partial charge in [-0.25, -0.2) is 10.8 Å². The van der Waals surface area contributed by atoms with Crippen LogP contribution in [0, 0.1) is 0 Å². The number of amides is 1. The van der Waals surface area contributed by atoms with E-state index in [4.69, 9.17) is 10.6 Å². The van der Waals surface area contributed by atoms with Crippen LogP contribution in [0.4, 0.5) is 0 Å². The number of aromatic nitrogens is 1. The number of likely N-dealkylation sites (tertiary alicyclic amines) is 1. The highest BCUT2D eigenvalue weighted by Crippen LogP contribution is 2.17. The van der Waals surface area contributed by atoms with Gasteiger partial charge in [0.1, 0.15) is 17.5 Å². The minimum absolute atomic E-state index is 0.234. The Kier molecular flexibility index (Phi) is 4.11. The molecule has 0 aliphatic carbocycles. The zero-order valence-corrected chi connectivity index (χ0v) is 10.4. The smallest absolute Gasteiger partial charge is 0.283 e. The minimum atomic E-state index is -0.402. The van der Waals surface area contributed by atoms with Crippen molar-refractivity contribution in [3.05, 3.63) is 24.0 Å². The van der Waals surface area contributed by atoms with Gasteiger partial charge in [0.15, 0.2) is 0 Å². The van der Waals surface area contributed by atoms with Gasteiger partial charge >= 0.3 is 0 Å². The fourth-order valence-corrected chi connectivity index (χ4v) is 1.95. The molecule has 1 fully saturated rings. The summed E-state index contributed by atoms with van der Waals surface area (Å²) in [5, 5.41) is 0. The number of rotatable bonds is 3. The molecule has 6 nitrogen and oxygen atoms in total. The molecule has 1 saturated heterocycles. The molecule has 0 saturated carbocycles. The lowest BCUT2D eigenvalue weighted by molar-refractivity contribution is 0.0948. The lowest BCUT2D eigenvalue weighted by atomic mass is 10.1. The van der Waals surface area contributed by atoms with Crippen LogP contribution in [0.3, 0.4) is 0 Å². The molecule has 1 aromatic rings. The number of hydrazine groups is 1. The van der Waals surface area contributed by atoms with E-state index in [1.165, 1.54) is 0 Å². The zero-order chi connectivity index (χ0) is 13.0. The van der Waals surface area contributed by atoms with Crippen molar-refractivity contribution < 1.29 is 9.53 Å². The molecule has 0 atom stereocenters. The van der Waals surface area contributed by atoms with Crippen molar-refractivity contribution >= 4 is 5.91 Å². The van der Waals surface area contributed by atoms with Crippen LogP contribution in [0.2, 0.25) is 0 Å². The van der Waals surface area contributed by atoms with Crippen LogP contribution >= 0.6 is 0 Å². The number of carbonyl (C=O) groups is 1. The third kappa shape index (κ3) is 3.18. The Labute approximate surface area is 106 Å². The molecule has 0 spiro atoms. The summed E-state index contributed by atoms with van der Waals surface area (Å²) >= 11 is 0. The molecule has 0 radical (unpaired) electrons. The molecule has 2 rings (SSSR count). The SMILES string of the molecule is CN1CCC(Oc2ccc(C(=O)NN)nc2)CC1. The van der Waals surface area contributed by atoms with E-state index in [1.807, 2.05) is 5.43 Å². The molecule has 1 aromatic heterocycles. The first-order valence-corrected chi connectivity index (χ1v) is 6.01. The highest BCUT2D eigenvalue weighted by Gasteiger charge is 2.18. The largest absolute Gasteiger partial charge is 0.489 e. The van der Waals surface area contributed by atoms with Gasteiger partial charge in [-0.3, -0.25) is 10.2 Å². The van der Waals surface area contributed by atoms with Crippen LogP contribution < -0.4 is 16.0 Å². The van der Waals surface area contributed by atoms with Crippen LogP contribution in [0.25, 0.3) is 0 Å². The van der Waals surface area contributed by atoms with Gasteiger partial charge in [-0.2, -0.15) is 0 Å². The molecule has 1 aliphatic heterocycles. The van der Waals surface area contributed by atoms with Gasteiger partial charge in [-0.1, -0.05) is 0 Å². The van der Waals surface area contributed by atoms with Gasteiger partial charge in [0.25, 0.3) is 5.91 Å². The topological polar surface area (TPSA) is 80.5 Å². The van der Waals surface area contributed by atoms with E-state index in [0.29, 0.717) is 5.75 Å². The van der Waals surface area contributed by atoms with Gasteiger partial charge in [-0.15, -0.1) is 0 Å². The molecule has 0 bridgehead atoms. The summed E-state index contributed by atoms with van der Waals surface area (Å²) in [5.41, 5.74) is 2.32. The summed E-state index contributed by atoms with van der Waals surface area (Å²) in [4.78, 5) is 17.5. The van der Waals surface area contributed by atoms with Crippen molar-refractivity contribution in [3.63, 3.8) is 0 Å². The van der Waals surface area contributed by atoms with E-state index in [0.717, 1.165) is 25.9 Å². The highest BCUT2D eigenvalue weighted by atomic mass is 16.5. The van der Waals surface area contributed by atoms with E-state index in [1.54, 1.807) is 18.3 Å². The second-order valence-corrected chi connectivity index (χ2v) is 4.47. The Hall–Kier alpha value is -1.66. The Morgan fingerprint density at radius 2 is 2.22 bits per heavy atom. The average Bonchev–Trinajstić information content (AvgIpc) is 2.41. The van der Waals surface area contributed by atoms with Crippen molar-refractivity contribution in [1.29, 1.82) is 0 Å². The second kappa shape index (κ2) is 5.79. The van der Waals surface area contributed by atoms with Crippen LogP contribution in [0.1, 0.15) is 23.3 Å². The van der Waals surface area contributed by atoms with Crippen molar-refractivity contribution in [2.45, 2.75) is 18.9 Å². The maximum Gasteiger partial charge on any atom is 0.283 e. The minimum Gasteiger partial charge on any atom is -0.489 e. The zero-order valence-electron chi connectivity index (χ0n) is 10.4. The Morgan fingerprint density at radius 1 is 1.50 bits per heavy atom. The number of nitrogens with two attached hydrogens (primary N) is 1. The molecule has 3 N–H and O–H groups in total. The fraction of sp³-hybridized carbons (Fsp3) is 0.500. The summed E-state index contributed by atoms with van der Waals surface area (Å²) in [6.07, 6.45) is 3.82. The van der Waals surface area contributed by atoms with E-state index >= 15 is 0 Å². The maximum atomic E-state index is 11.2. The third-order valence-electron chi connectivity index (χ3n) is 3.07. The molecular formula is C12H18N4O2.